The third-order valence-corrected chi connectivity index (χ3v) is 5.92. The molecule has 0 saturated heterocycles. The van der Waals surface area contributed by atoms with Crippen molar-refractivity contribution in [3.8, 4) is 0 Å². The molecule has 3 rings (SSSR count). The quantitative estimate of drug-likeness (QED) is 0.948. The second kappa shape index (κ2) is 5.62. The van der Waals surface area contributed by atoms with Crippen LogP contribution in [0.1, 0.15) is 29.2 Å². The lowest BCUT2D eigenvalue weighted by Gasteiger charge is -2.26. The van der Waals surface area contributed by atoms with Crippen LogP contribution >= 0.6 is 0 Å². The van der Waals surface area contributed by atoms with Gasteiger partial charge in [-0.15, -0.1) is 0 Å². The summed E-state index contributed by atoms with van der Waals surface area (Å²) in [5.74, 6) is 0.218. The molecule has 1 unspecified atom stereocenters. The van der Waals surface area contributed by atoms with Crippen molar-refractivity contribution in [1.82, 2.24) is 5.32 Å². The molecule has 0 amide bonds. The van der Waals surface area contributed by atoms with Gasteiger partial charge in [0.2, 0.25) is 0 Å². The Kier molecular flexibility index (Phi) is 3.83. The zero-order valence-corrected chi connectivity index (χ0v) is 12.9. The Bertz CT molecular complexity index is 753. The molecule has 1 aliphatic heterocycles. The lowest BCUT2D eigenvalue weighted by molar-refractivity contribution is 0.491. The maximum absolute atomic E-state index is 12.1. The van der Waals surface area contributed by atoms with Crippen molar-refractivity contribution in [2.24, 2.45) is 0 Å². The predicted molar refractivity (Wildman–Crippen MR) is 83.9 cm³/mol. The van der Waals surface area contributed by atoms with Crippen molar-refractivity contribution < 1.29 is 8.42 Å². The van der Waals surface area contributed by atoms with Crippen LogP contribution in [0.3, 0.4) is 0 Å². The van der Waals surface area contributed by atoms with Crippen molar-refractivity contribution in [2.45, 2.75) is 30.8 Å². The van der Waals surface area contributed by atoms with Crippen LogP contribution < -0.4 is 5.32 Å². The molecule has 2 aromatic rings. The average Bonchev–Trinajstić information content (AvgIpc) is 2.48. The molecule has 0 aromatic heterocycles. The normalized spacial score (nSPS) is 20.0. The van der Waals surface area contributed by atoms with Crippen molar-refractivity contribution in [1.29, 1.82) is 0 Å². The number of nitrogens with one attached hydrogen (secondary N) is 1. The molecule has 0 spiro atoms. The maximum Gasteiger partial charge on any atom is 0.178 e. The van der Waals surface area contributed by atoms with Crippen LogP contribution in [-0.2, 0) is 16.4 Å². The van der Waals surface area contributed by atoms with E-state index in [1.807, 2.05) is 24.3 Å². The highest BCUT2D eigenvalue weighted by Gasteiger charge is 2.29. The zero-order valence-electron chi connectivity index (χ0n) is 12.0. The summed E-state index contributed by atoms with van der Waals surface area (Å²) in [4.78, 5) is 0.485. The van der Waals surface area contributed by atoms with E-state index in [-0.39, 0.29) is 11.8 Å². The average molecular weight is 301 g/mol. The summed E-state index contributed by atoms with van der Waals surface area (Å²) in [6.45, 7) is 2.85. The van der Waals surface area contributed by atoms with E-state index in [2.05, 4.69) is 24.4 Å². The van der Waals surface area contributed by atoms with Gasteiger partial charge in [-0.2, -0.15) is 0 Å². The molecule has 0 saturated carbocycles. The summed E-state index contributed by atoms with van der Waals surface area (Å²) in [5.41, 5.74) is 3.41. The van der Waals surface area contributed by atoms with Crippen LogP contribution in [0.5, 0.6) is 0 Å². The van der Waals surface area contributed by atoms with Gasteiger partial charge in [-0.1, -0.05) is 42.5 Å². The lowest BCUT2D eigenvalue weighted by Crippen LogP contribution is -2.29. The van der Waals surface area contributed by atoms with Gasteiger partial charge in [0.25, 0.3) is 0 Å². The molecule has 4 heteroatoms. The summed E-state index contributed by atoms with van der Waals surface area (Å²) >= 11 is 0. The van der Waals surface area contributed by atoms with E-state index in [0.29, 0.717) is 11.3 Å². The lowest BCUT2D eigenvalue weighted by atomic mass is 10.0. The molecule has 0 radical (unpaired) electrons. The second-order valence-electron chi connectivity index (χ2n) is 5.51. The number of hydrogen-bond acceptors (Lipinski definition) is 3. The Morgan fingerprint density at radius 1 is 1.10 bits per heavy atom. The first-order valence-electron chi connectivity index (χ1n) is 7.17. The van der Waals surface area contributed by atoms with Gasteiger partial charge in [0.1, 0.15) is 0 Å². The molecule has 1 heterocycles. The van der Waals surface area contributed by atoms with Gasteiger partial charge in [-0.25, -0.2) is 8.42 Å². The van der Waals surface area contributed by atoms with E-state index in [0.717, 1.165) is 12.1 Å². The van der Waals surface area contributed by atoms with E-state index in [1.165, 1.54) is 11.1 Å². The molecule has 1 atom stereocenters. The molecule has 21 heavy (non-hydrogen) atoms. The summed E-state index contributed by atoms with van der Waals surface area (Å²) in [6, 6.07) is 15.7. The molecule has 1 aliphatic rings. The van der Waals surface area contributed by atoms with Crippen LogP contribution in [0.15, 0.2) is 53.4 Å². The summed E-state index contributed by atoms with van der Waals surface area (Å²) in [5, 5.41) is 3.51. The minimum Gasteiger partial charge on any atom is -0.306 e. The smallest absolute Gasteiger partial charge is 0.178 e. The van der Waals surface area contributed by atoms with Crippen molar-refractivity contribution >= 4 is 9.84 Å². The monoisotopic (exact) mass is 301 g/mol. The van der Waals surface area contributed by atoms with Crippen LogP contribution in [0.4, 0.5) is 0 Å². The Labute approximate surface area is 125 Å². The Balaban J connectivity index is 1.83. The molecular formula is C17H19NO2S. The Morgan fingerprint density at radius 2 is 1.81 bits per heavy atom. The number of fused-ring (bicyclic) bond motifs is 1. The van der Waals surface area contributed by atoms with Crippen molar-refractivity contribution in [2.75, 3.05) is 5.75 Å². The van der Waals surface area contributed by atoms with Gasteiger partial charge in [-0.3, -0.25) is 0 Å². The van der Waals surface area contributed by atoms with Crippen molar-refractivity contribution in [3.63, 3.8) is 0 Å². The fourth-order valence-electron chi connectivity index (χ4n) is 2.84. The van der Waals surface area contributed by atoms with E-state index in [9.17, 15) is 8.42 Å². The van der Waals surface area contributed by atoms with Gasteiger partial charge in [0.15, 0.2) is 9.84 Å². The predicted octanol–water partition coefficient (Wildman–Crippen LogP) is 3.00. The molecule has 1 N–H and O–H groups in total. The van der Waals surface area contributed by atoms with E-state index >= 15 is 0 Å². The van der Waals surface area contributed by atoms with E-state index in [4.69, 9.17) is 0 Å². The second-order valence-corrected chi connectivity index (χ2v) is 7.58. The third-order valence-electron chi connectivity index (χ3n) is 4.10. The van der Waals surface area contributed by atoms with Gasteiger partial charge in [0.05, 0.1) is 10.6 Å². The molecule has 0 aliphatic carbocycles. The summed E-state index contributed by atoms with van der Waals surface area (Å²) in [6.07, 6.45) is 0.630. The number of benzene rings is 2. The first-order valence-corrected chi connectivity index (χ1v) is 8.83. The Morgan fingerprint density at radius 3 is 2.62 bits per heavy atom. The largest absolute Gasteiger partial charge is 0.306 e. The molecule has 2 aromatic carbocycles. The molecule has 0 fully saturated rings. The number of aryl methyl sites for hydroxylation is 1. The SMILES string of the molecule is Cc1ccccc1CNC1CCS(=O)(=O)c2ccccc21. The van der Waals surface area contributed by atoms with Crippen molar-refractivity contribution in [3.05, 3.63) is 65.2 Å². The topological polar surface area (TPSA) is 46.2 Å². The van der Waals surface area contributed by atoms with Gasteiger partial charge >= 0.3 is 0 Å². The van der Waals surface area contributed by atoms with Crippen LogP contribution in [0.25, 0.3) is 0 Å². The summed E-state index contributed by atoms with van der Waals surface area (Å²) in [7, 11) is -3.11. The maximum atomic E-state index is 12.1. The zero-order chi connectivity index (χ0) is 14.9. The molecule has 110 valence electrons. The van der Waals surface area contributed by atoms with Gasteiger partial charge in [-0.05, 0) is 36.1 Å². The van der Waals surface area contributed by atoms with Crippen LogP contribution in [0, 0.1) is 6.92 Å². The molecule has 3 nitrogen and oxygen atoms in total. The summed E-state index contributed by atoms with van der Waals surface area (Å²) < 4.78 is 24.2. The fraction of sp³-hybridized carbons (Fsp3) is 0.294. The first kappa shape index (κ1) is 14.3. The van der Waals surface area contributed by atoms with Crippen LogP contribution in [0.2, 0.25) is 0 Å². The third kappa shape index (κ3) is 2.87. The Hall–Kier alpha value is -1.65. The van der Waals surface area contributed by atoms with Crippen LogP contribution in [-0.4, -0.2) is 14.2 Å². The number of hydrogen-bond donors (Lipinski definition) is 1. The van der Waals surface area contributed by atoms with Gasteiger partial charge in [0, 0.05) is 12.6 Å². The minimum atomic E-state index is -3.11. The number of sulfone groups is 1. The molecule has 0 bridgehead atoms. The fourth-order valence-corrected chi connectivity index (χ4v) is 4.46. The van der Waals surface area contributed by atoms with Gasteiger partial charge < -0.3 is 5.32 Å². The van der Waals surface area contributed by atoms with E-state index < -0.39 is 9.84 Å². The highest BCUT2D eigenvalue weighted by atomic mass is 32.2. The van der Waals surface area contributed by atoms with E-state index in [1.54, 1.807) is 12.1 Å². The highest BCUT2D eigenvalue weighted by molar-refractivity contribution is 7.91. The molecular weight excluding hydrogens is 282 g/mol. The standard InChI is InChI=1S/C17H19NO2S/c1-13-6-2-3-7-14(13)12-18-16-10-11-21(19,20)17-9-5-4-8-15(16)17/h2-9,16,18H,10-12H2,1H3. The highest BCUT2D eigenvalue weighted by Crippen LogP contribution is 2.32. The minimum absolute atomic E-state index is 0.101. The first-order chi connectivity index (χ1) is 10.1. The number of rotatable bonds is 3.